The van der Waals surface area contributed by atoms with Gasteiger partial charge in [-0.15, -0.1) is 0 Å². The molecule has 0 saturated heterocycles. The first-order chi connectivity index (χ1) is 13.0. The van der Waals surface area contributed by atoms with Crippen LogP contribution < -0.4 is 10.9 Å². The molecule has 0 radical (unpaired) electrons. The maximum atomic E-state index is 12.4. The van der Waals surface area contributed by atoms with Crippen LogP contribution in [-0.2, 0) is 0 Å². The van der Waals surface area contributed by atoms with Crippen molar-refractivity contribution in [1.82, 2.24) is 9.78 Å². The fourth-order valence-corrected chi connectivity index (χ4v) is 2.97. The average Bonchev–Trinajstić information content (AvgIpc) is 2.98. The molecule has 4 aromatic rings. The molecule has 1 amide bonds. The molecule has 0 aliphatic rings. The van der Waals surface area contributed by atoms with E-state index in [-0.39, 0.29) is 17.3 Å². The molecule has 6 nitrogen and oxygen atoms in total. The largest absolute Gasteiger partial charge is 0.402 e. The van der Waals surface area contributed by atoms with E-state index < -0.39 is 5.63 Å². The van der Waals surface area contributed by atoms with Crippen LogP contribution in [0.5, 0.6) is 0 Å². The number of nitrogens with one attached hydrogen (secondary N) is 1. The Balaban J connectivity index is 1.78. The monoisotopic (exact) mass is 379 g/mol. The minimum atomic E-state index is -0.657. The van der Waals surface area contributed by atoms with E-state index >= 15 is 0 Å². The van der Waals surface area contributed by atoms with E-state index in [2.05, 4.69) is 10.4 Å². The van der Waals surface area contributed by atoms with E-state index in [1.165, 1.54) is 4.68 Å². The van der Waals surface area contributed by atoms with Gasteiger partial charge in [-0.2, -0.15) is 9.78 Å². The number of rotatable bonds is 3. The normalized spacial score (nSPS) is 10.9. The molecule has 2 heterocycles. The number of halogens is 1. The zero-order chi connectivity index (χ0) is 19.0. The summed E-state index contributed by atoms with van der Waals surface area (Å²) in [5, 5.41) is 8.20. The third-order valence-electron chi connectivity index (χ3n) is 4.10. The number of hydrogen-bond acceptors (Lipinski definition) is 4. The number of benzene rings is 2. The van der Waals surface area contributed by atoms with Gasteiger partial charge in [0.05, 0.1) is 16.8 Å². The maximum absolute atomic E-state index is 12.4. The molecule has 0 unspecified atom stereocenters. The van der Waals surface area contributed by atoms with Crippen molar-refractivity contribution >= 4 is 34.3 Å². The number of nitrogens with zero attached hydrogens (tertiary/aromatic N) is 2. The van der Waals surface area contributed by atoms with Crippen molar-refractivity contribution in [2.75, 3.05) is 5.32 Å². The lowest BCUT2D eigenvalue weighted by Crippen LogP contribution is -2.17. The Labute approximate surface area is 159 Å². The van der Waals surface area contributed by atoms with Crippen LogP contribution >= 0.6 is 11.6 Å². The highest BCUT2D eigenvalue weighted by molar-refractivity contribution is 6.30. The molecular formula is C20H14ClN3O3. The van der Waals surface area contributed by atoms with E-state index in [1.54, 1.807) is 55.5 Å². The van der Waals surface area contributed by atoms with Crippen LogP contribution in [0, 0.1) is 6.92 Å². The van der Waals surface area contributed by atoms with Gasteiger partial charge in [0.2, 0.25) is 5.71 Å². The fourth-order valence-electron chi connectivity index (χ4n) is 2.78. The number of aromatic nitrogens is 2. The molecule has 2 aromatic heterocycles. The molecule has 1 N–H and O–H groups in total. The summed E-state index contributed by atoms with van der Waals surface area (Å²) >= 11 is 6.04. The molecule has 4 rings (SSSR count). The second-order valence-electron chi connectivity index (χ2n) is 5.96. The quantitative estimate of drug-likeness (QED) is 0.579. The number of fused-ring (bicyclic) bond motifs is 1. The standard InChI is InChI=1S/C20H14ClN3O3/c1-12-16-11-17(22-18(25)13-6-3-2-4-7-13)20(26)27-19(16)24(23-12)15-9-5-8-14(21)10-15/h2-11H,1H3,(H,22,25). The van der Waals surface area contributed by atoms with Gasteiger partial charge in [0, 0.05) is 10.6 Å². The molecule has 0 aliphatic heterocycles. The Kier molecular flexibility index (Phi) is 4.25. The summed E-state index contributed by atoms with van der Waals surface area (Å²) in [6.07, 6.45) is 0. The van der Waals surface area contributed by atoms with Gasteiger partial charge in [-0.1, -0.05) is 35.9 Å². The molecule has 0 fully saturated rings. The van der Waals surface area contributed by atoms with Gasteiger partial charge in [0.15, 0.2) is 0 Å². The second-order valence-corrected chi connectivity index (χ2v) is 6.40. The highest BCUT2D eigenvalue weighted by Gasteiger charge is 2.17. The van der Waals surface area contributed by atoms with Crippen LogP contribution in [0.1, 0.15) is 16.1 Å². The molecule has 0 aliphatic carbocycles. The van der Waals surface area contributed by atoms with Gasteiger partial charge in [0.1, 0.15) is 5.69 Å². The van der Waals surface area contributed by atoms with Crippen molar-refractivity contribution < 1.29 is 9.21 Å². The van der Waals surface area contributed by atoms with Crippen molar-refractivity contribution in [3.8, 4) is 5.69 Å². The van der Waals surface area contributed by atoms with Crippen LogP contribution in [0.4, 0.5) is 5.69 Å². The van der Waals surface area contributed by atoms with E-state index in [9.17, 15) is 9.59 Å². The number of amides is 1. The van der Waals surface area contributed by atoms with Gasteiger partial charge < -0.3 is 9.73 Å². The summed E-state index contributed by atoms with van der Waals surface area (Å²) in [4.78, 5) is 24.7. The van der Waals surface area contributed by atoms with Gasteiger partial charge in [0.25, 0.3) is 5.91 Å². The summed E-state index contributed by atoms with van der Waals surface area (Å²) in [6, 6.07) is 17.3. The first-order valence-corrected chi connectivity index (χ1v) is 8.56. The highest BCUT2D eigenvalue weighted by atomic mass is 35.5. The van der Waals surface area contributed by atoms with Crippen molar-refractivity contribution in [1.29, 1.82) is 0 Å². The zero-order valence-electron chi connectivity index (χ0n) is 14.3. The molecule has 134 valence electrons. The third kappa shape index (κ3) is 3.22. The van der Waals surface area contributed by atoms with E-state index in [1.807, 2.05) is 12.1 Å². The Bertz CT molecular complexity index is 1210. The Morgan fingerprint density at radius 2 is 1.89 bits per heavy atom. The van der Waals surface area contributed by atoms with E-state index in [0.717, 1.165) is 0 Å². The van der Waals surface area contributed by atoms with Gasteiger partial charge in [-0.3, -0.25) is 4.79 Å². The predicted molar refractivity (Wildman–Crippen MR) is 104 cm³/mol. The van der Waals surface area contributed by atoms with Crippen LogP contribution in [0.15, 0.2) is 69.9 Å². The van der Waals surface area contributed by atoms with Gasteiger partial charge >= 0.3 is 5.63 Å². The highest BCUT2D eigenvalue weighted by Crippen LogP contribution is 2.24. The molecular weight excluding hydrogens is 366 g/mol. The SMILES string of the molecule is Cc1nn(-c2cccc(Cl)c2)c2oc(=O)c(NC(=O)c3ccccc3)cc12. The Morgan fingerprint density at radius 1 is 1.11 bits per heavy atom. The van der Waals surface area contributed by atoms with Crippen molar-refractivity contribution in [2.45, 2.75) is 6.92 Å². The Hall–Kier alpha value is -3.38. The number of hydrogen-bond donors (Lipinski definition) is 1. The van der Waals surface area contributed by atoms with Crippen molar-refractivity contribution in [3.05, 3.63) is 87.4 Å². The van der Waals surface area contributed by atoms with E-state index in [0.29, 0.717) is 27.4 Å². The maximum Gasteiger partial charge on any atom is 0.361 e. The minimum Gasteiger partial charge on any atom is -0.402 e. The van der Waals surface area contributed by atoms with E-state index in [4.69, 9.17) is 16.0 Å². The molecule has 0 spiro atoms. The average molecular weight is 380 g/mol. The molecule has 2 aromatic carbocycles. The summed E-state index contributed by atoms with van der Waals surface area (Å²) in [5.41, 5.74) is 1.47. The van der Waals surface area contributed by atoms with Crippen LogP contribution in [0.25, 0.3) is 16.8 Å². The van der Waals surface area contributed by atoms with Gasteiger partial charge in [-0.25, -0.2) is 4.79 Å². The molecule has 0 saturated carbocycles. The first-order valence-electron chi connectivity index (χ1n) is 8.19. The van der Waals surface area contributed by atoms with Crippen LogP contribution in [0.2, 0.25) is 5.02 Å². The molecule has 27 heavy (non-hydrogen) atoms. The Morgan fingerprint density at radius 3 is 2.63 bits per heavy atom. The number of anilines is 1. The van der Waals surface area contributed by atoms with Crippen molar-refractivity contribution in [2.24, 2.45) is 0 Å². The molecule has 0 atom stereocenters. The number of carbonyl (C=O) groups excluding carboxylic acids is 1. The van der Waals surface area contributed by atoms with Crippen molar-refractivity contribution in [3.63, 3.8) is 0 Å². The topological polar surface area (TPSA) is 77.1 Å². The second kappa shape index (κ2) is 6.74. The summed E-state index contributed by atoms with van der Waals surface area (Å²) in [7, 11) is 0. The zero-order valence-corrected chi connectivity index (χ0v) is 15.0. The molecule has 7 heteroatoms. The fraction of sp³-hybridized carbons (Fsp3) is 0.0500. The van der Waals surface area contributed by atoms with Gasteiger partial charge in [-0.05, 0) is 43.3 Å². The predicted octanol–water partition coefficient (Wildman–Crippen LogP) is 4.19. The molecule has 0 bridgehead atoms. The number of aryl methyl sites for hydroxylation is 1. The summed E-state index contributed by atoms with van der Waals surface area (Å²) in [5.74, 6) is -0.387. The summed E-state index contributed by atoms with van der Waals surface area (Å²) < 4.78 is 6.98. The minimum absolute atomic E-state index is 0.0603. The number of carbonyl (C=O) groups is 1. The lowest BCUT2D eigenvalue weighted by atomic mass is 10.2. The van der Waals surface area contributed by atoms with Crippen LogP contribution in [0.3, 0.4) is 0 Å². The lowest BCUT2D eigenvalue weighted by Gasteiger charge is -2.05. The van der Waals surface area contributed by atoms with Crippen LogP contribution in [-0.4, -0.2) is 15.7 Å². The lowest BCUT2D eigenvalue weighted by molar-refractivity contribution is 0.102. The first kappa shape index (κ1) is 17.1. The summed E-state index contributed by atoms with van der Waals surface area (Å²) in [6.45, 7) is 1.80. The third-order valence-corrected chi connectivity index (χ3v) is 4.33. The smallest absolute Gasteiger partial charge is 0.361 e.